The Morgan fingerprint density at radius 2 is 1.25 bits per heavy atom. The summed E-state index contributed by atoms with van der Waals surface area (Å²) in [6.45, 7) is 6.58. The summed E-state index contributed by atoms with van der Waals surface area (Å²) >= 11 is 0. The van der Waals surface area contributed by atoms with Crippen LogP contribution < -0.4 is 9.30 Å². The molecule has 0 amide bonds. The number of hydrogen-bond donors (Lipinski definition) is 0. The standard InChI is InChI=1S/C51H38N5O/c1-33-28-34(2)50(35(3)29-33)54-32-53(44-20-9-10-21-45(44)54)37-23-24-42-47(31-37)55(38-16-13-17-39(30-38)57-48-22-11-12-27-52-48)46-26-25-41-40-18-7-8-19-43(40)56(51(41)49(42)46)36-14-5-4-6-15-36/h4-32H,1-3H3/q+1. The molecule has 0 atom stereocenters. The van der Waals surface area contributed by atoms with Crippen molar-refractivity contribution in [3.63, 3.8) is 0 Å². The number of aryl methyl sites for hydroxylation is 3. The second-order valence-electron chi connectivity index (χ2n) is 14.9. The Bertz CT molecular complexity index is 3330. The van der Waals surface area contributed by atoms with E-state index in [0.717, 1.165) is 44.9 Å². The SMILES string of the molecule is Cc1cc(C)c(-[n+]2cn(-c3ccc4c5c(ccc6c7ccccc7n(-c7ccccc7)c65)n(-c5cccc(Oc6ccccn6)c5)c4c3)c3ccccc32)c(C)c1. The molecule has 6 heteroatoms. The molecule has 11 rings (SSSR count). The number of aromatic nitrogens is 5. The highest BCUT2D eigenvalue weighted by Crippen LogP contribution is 2.43. The predicted molar refractivity (Wildman–Crippen MR) is 232 cm³/mol. The zero-order valence-electron chi connectivity index (χ0n) is 31.9. The maximum absolute atomic E-state index is 6.31. The molecule has 6 nitrogen and oxygen atoms in total. The van der Waals surface area contributed by atoms with Crippen molar-refractivity contribution in [2.45, 2.75) is 20.8 Å². The van der Waals surface area contributed by atoms with Crippen LogP contribution in [-0.4, -0.2) is 18.7 Å². The van der Waals surface area contributed by atoms with Crippen LogP contribution in [0.2, 0.25) is 0 Å². The number of hydrogen-bond acceptors (Lipinski definition) is 2. The first kappa shape index (κ1) is 32.9. The third-order valence-corrected chi connectivity index (χ3v) is 11.3. The Balaban J connectivity index is 1.22. The van der Waals surface area contributed by atoms with E-state index in [2.05, 4.69) is 190 Å². The molecular formula is C51H38N5O+. The molecule has 0 aliphatic carbocycles. The molecule has 4 aromatic heterocycles. The monoisotopic (exact) mass is 736 g/mol. The van der Waals surface area contributed by atoms with Crippen LogP contribution in [0.1, 0.15) is 16.7 Å². The zero-order chi connectivity index (χ0) is 38.2. The molecule has 0 bridgehead atoms. The molecule has 0 unspecified atom stereocenters. The first-order valence-corrected chi connectivity index (χ1v) is 19.4. The van der Waals surface area contributed by atoms with Gasteiger partial charge in [-0.25, -0.2) is 4.98 Å². The van der Waals surface area contributed by atoms with E-state index < -0.39 is 0 Å². The number of fused-ring (bicyclic) bond motifs is 8. The average Bonchev–Trinajstić information content (AvgIpc) is 3.89. The molecule has 0 aliphatic heterocycles. The fourth-order valence-electron chi connectivity index (χ4n) is 9.08. The van der Waals surface area contributed by atoms with Crippen LogP contribution in [0.5, 0.6) is 11.6 Å². The summed E-state index contributed by atoms with van der Waals surface area (Å²) in [5.41, 5.74) is 15.1. The number of pyridine rings is 1. The van der Waals surface area contributed by atoms with E-state index in [0.29, 0.717) is 5.88 Å². The number of nitrogens with zero attached hydrogens (tertiary/aromatic N) is 5. The van der Waals surface area contributed by atoms with Gasteiger partial charge < -0.3 is 13.9 Å². The Morgan fingerprint density at radius 1 is 0.509 bits per heavy atom. The van der Waals surface area contributed by atoms with Gasteiger partial charge in [-0.3, -0.25) is 0 Å². The fraction of sp³-hybridized carbons (Fsp3) is 0.0588. The van der Waals surface area contributed by atoms with Gasteiger partial charge in [-0.2, -0.15) is 9.13 Å². The second-order valence-corrected chi connectivity index (χ2v) is 14.9. The smallest absolute Gasteiger partial charge is 0.255 e. The molecule has 0 aliphatic rings. The average molecular weight is 737 g/mol. The van der Waals surface area contributed by atoms with Gasteiger partial charge in [0.15, 0.2) is 11.0 Å². The summed E-state index contributed by atoms with van der Waals surface area (Å²) in [5, 5.41) is 4.82. The summed E-state index contributed by atoms with van der Waals surface area (Å²) in [7, 11) is 0. The van der Waals surface area contributed by atoms with Gasteiger partial charge >= 0.3 is 0 Å². The Morgan fingerprint density at radius 3 is 2.07 bits per heavy atom. The van der Waals surface area contributed by atoms with Gasteiger partial charge in [0.25, 0.3) is 6.33 Å². The van der Waals surface area contributed by atoms with Crippen molar-refractivity contribution in [2.24, 2.45) is 0 Å². The van der Waals surface area contributed by atoms with E-state index in [1.54, 1.807) is 6.20 Å². The Labute approximate surface area is 329 Å². The van der Waals surface area contributed by atoms with E-state index in [-0.39, 0.29) is 0 Å². The lowest BCUT2D eigenvalue weighted by atomic mass is 10.0. The van der Waals surface area contributed by atoms with Crippen molar-refractivity contribution in [3.8, 4) is 34.4 Å². The summed E-state index contributed by atoms with van der Waals surface area (Å²) in [6, 6.07) is 58.2. The molecule has 11 aromatic rings. The molecule has 272 valence electrons. The van der Waals surface area contributed by atoms with Gasteiger partial charge in [0.05, 0.1) is 22.1 Å². The topological polar surface area (TPSA) is 40.8 Å². The Hall–Kier alpha value is -7.44. The van der Waals surface area contributed by atoms with Crippen molar-refractivity contribution in [1.82, 2.24) is 18.7 Å². The minimum Gasteiger partial charge on any atom is -0.439 e. The molecule has 57 heavy (non-hydrogen) atoms. The second kappa shape index (κ2) is 12.8. The molecule has 0 saturated carbocycles. The molecule has 0 saturated heterocycles. The number of benzene rings is 7. The highest BCUT2D eigenvalue weighted by atomic mass is 16.5. The molecule has 0 N–H and O–H groups in total. The van der Waals surface area contributed by atoms with E-state index in [9.17, 15) is 0 Å². The lowest BCUT2D eigenvalue weighted by Crippen LogP contribution is -2.31. The molecule has 7 aromatic carbocycles. The van der Waals surface area contributed by atoms with Gasteiger partial charge in [0.2, 0.25) is 5.88 Å². The minimum atomic E-state index is 0.556. The molecule has 0 fully saturated rings. The molecule has 0 radical (unpaired) electrons. The summed E-state index contributed by atoms with van der Waals surface area (Å²) in [5.74, 6) is 1.28. The highest BCUT2D eigenvalue weighted by molar-refractivity contribution is 6.26. The minimum absolute atomic E-state index is 0.556. The van der Waals surface area contributed by atoms with Gasteiger partial charge in [-0.1, -0.05) is 84.4 Å². The highest BCUT2D eigenvalue weighted by Gasteiger charge is 2.25. The summed E-state index contributed by atoms with van der Waals surface area (Å²) in [6.07, 6.45) is 4.00. The Kier molecular flexibility index (Phi) is 7.41. The van der Waals surface area contributed by atoms with Gasteiger partial charge in [-0.15, -0.1) is 0 Å². The lowest BCUT2D eigenvalue weighted by molar-refractivity contribution is -0.568. The van der Waals surface area contributed by atoms with E-state index in [4.69, 9.17) is 4.74 Å². The van der Waals surface area contributed by atoms with Gasteiger partial charge in [0.1, 0.15) is 17.1 Å². The molecular weight excluding hydrogens is 699 g/mol. The van der Waals surface area contributed by atoms with Crippen LogP contribution in [0.4, 0.5) is 0 Å². The summed E-state index contributed by atoms with van der Waals surface area (Å²) < 4.78 is 15.8. The van der Waals surface area contributed by atoms with Crippen LogP contribution in [0.15, 0.2) is 176 Å². The maximum atomic E-state index is 6.31. The van der Waals surface area contributed by atoms with Crippen LogP contribution in [0, 0.1) is 20.8 Å². The largest absolute Gasteiger partial charge is 0.439 e. The number of rotatable bonds is 6. The molecule has 4 heterocycles. The lowest BCUT2D eigenvalue weighted by Gasteiger charge is -2.11. The van der Waals surface area contributed by atoms with Crippen LogP contribution in [0.25, 0.3) is 77.4 Å². The van der Waals surface area contributed by atoms with Crippen LogP contribution in [-0.2, 0) is 0 Å². The first-order valence-electron chi connectivity index (χ1n) is 19.4. The number of imidazole rings is 1. The van der Waals surface area contributed by atoms with Crippen molar-refractivity contribution >= 4 is 54.6 Å². The zero-order valence-corrected chi connectivity index (χ0v) is 31.9. The fourth-order valence-corrected chi connectivity index (χ4v) is 9.08. The van der Waals surface area contributed by atoms with E-state index in [1.165, 1.54) is 55.0 Å². The van der Waals surface area contributed by atoms with Crippen molar-refractivity contribution in [3.05, 3.63) is 193 Å². The van der Waals surface area contributed by atoms with Gasteiger partial charge in [-0.05, 0) is 98.6 Å². The van der Waals surface area contributed by atoms with Crippen molar-refractivity contribution in [1.29, 1.82) is 0 Å². The third-order valence-electron chi connectivity index (χ3n) is 11.3. The quantitative estimate of drug-likeness (QED) is 0.160. The molecule has 0 spiro atoms. The van der Waals surface area contributed by atoms with E-state index in [1.807, 2.05) is 24.3 Å². The van der Waals surface area contributed by atoms with Crippen LogP contribution >= 0.6 is 0 Å². The van der Waals surface area contributed by atoms with Crippen molar-refractivity contribution < 1.29 is 9.30 Å². The van der Waals surface area contributed by atoms with E-state index >= 15 is 0 Å². The van der Waals surface area contributed by atoms with Crippen molar-refractivity contribution in [2.75, 3.05) is 0 Å². The number of ether oxygens (including phenoxy) is 1. The number of para-hydroxylation sites is 4. The summed E-state index contributed by atoms with van der Waals surface area (Å²) in [4.78, 5) is 4.43. The maximum Gasteiger partial charge on any atom is 0.255 e. The van der Waals surface area contributed by atoms with Crippen LogP contribution in [0.3, 0.4) is 0 Å². The normalized spacial score (nSPS) is 11.8. The predicted octanol–water partition coefficient (Wildman–Crippen LogP) is 12.2. The third kappa shape index (κ3) is 5.18. The van der Waals surface area contributed by atoms with Gasteiger partial charge in [0, 0.05) is 57.3 Å². The first-order chi connectivity index (χ1) is 28.0.